The number of hydrogen-bond donors (Lipinski definition) is 4. The van der Waals surface area contributed by atoms with Gasteiger partial charge in [-0.25, -0.2) is 9.78 Å². The van der Waals surface area contributed by atoms with Crippen molar-refractivity contribution >= 4 is 39.2 Å². The lowest BCUT2D eigenvalue weighted by atomic mass is 10.1. The number of alkyl halides is 3. The number of pyridine rings is 1. The molecule has 0 atom stereocenters. The number of rotatable bonds is 4. The first-order chi connectivity index (χ1) is 14.1. The van der Waals surface area contributed by atoms with Gasteiger partial charge >= 0.3 is 12.2 Å². The van der Waals surface area contributed by atoms with E-state index in [9.17, 15) is 18.0 Å². The fourth-order valence-electron chi connectivity index (χ4n) is 2.67. The van der Waals surface area contributed by atoms with Gasteiger partial charge in [0.1, 0.15) is 17.2 Å². The smallest absolute Gasteiger partial charge is 0.329 e. The van der Waals surface area contributed by atoms with E-state index in [0.29, 0.717) is 32.5 Å². The molecule has 0 bridgehead atoms. The molecule has 156 valence electrons. The third-order valence-corrected chi connectivity index (χ3v) is 4.67. The summed E-state index contributed by atoms with van der Waals surface area (Å²) >= 11 is 1.16. The number of benzene rings is 1. The Morgan fingerprint density at radius 1 is 1.30 bits per heavy atom. The third-order valence-electron chi connectivity index (χ3n) is 3.90. The molecule has 30 heavy (non-hydrogen) atoms. The van der Waals surface area contributed by atoms with Crippen molar-refractivity contribution in [2.45, 2.75) is 13.1 Å². The van der Waals surface area contributed by atoms with Gasteiger partial charge in [-0.2, -0.15) is 13.2 Å². The average molecular weight is 435 g/mol. The van der Waals surface area contributed by atoms with Gasteiger partial charge in [-0.1, -0.05) is 12.1 Å². The summed E-state index contributed by atoms with van der Waals surface area (Å²) in [5.74, 6) is 0. The van der Waals surface area contributed by atoms with E-state index >= 15 is 0 Å². The summed E-state index contributed by atoms with van der Waals surface area (Å²) in [7, 11) is 0. The number of thioether (sulfide) groups is 1. The lowest BCUT2D eigenvalue weighted by Gasteiger charge is -2.11. The predicted molar refractivity (Wildman–Crippen MR) is 111 cm³/mol. The number of anilines is 1. The van der Waals surface area contributed by atoms with E-state index in [0.717, 1.165) is 17.5 Å². The van der Waals surface area contributed by atoms with Crippen molar-refractivity contribution in [1.82, 2.24) is 14.7 Å². The number of aromatic nitrogens is 2. The minimum atomic E-state index is -4.48. The Balaban J connectivity index is 1.81. The van der Waals surface area contributed by atoms with Gasteiger partial charge in [0.2, 0.25) is 5.04 Å². The molecule has 2 amide bonds. The van der Waals surface area contributed by atoms with E-state index in [2.05, 4.69) is 10.3 Å². The quantitative estimate of drug-likeness (QED) is 0.374. The molecule has 0 fully saturated rings. The molecule has 3 rings (SSSR count). The van der Waals surface area contributed by atoms with Gasteiger partial charge in [0.05, 0.1) is 11.9 Å². The van der Waals surface area contributed by atoms with Crippen LogP contribution in [0, 0.1) is 5.41 Å². The second-order valence-electron chi connectivity index (χ2n) is 6.33. The number of amides is 2. The normalized spacial score (nSPS) is 11.3. The highest BCUT2D eigenvalue weighted by Gasteiger charge is 2.27. The van der Waals surface area contributed by atoms with Crippen molar-refractivity contribution in [2.75, 3.05) is 11.9 Å². The molecule has 0 saturated heterocycles. The van der Waals surface area contributed by atoms with Crippen molar-refractivity contribution in [1.29, 1.82) is 5.41 Å². The molecule has 3 aromatic rings. The number of carbonyl (C=O) groups is 1. The number of urea groups is 1. The summed E-state index contributed by atoms with van der Waals surface area (Å²) in [5.41, 5.74) is 3.05. The molecule has 5 N–H and O–H groups in total. The lowest BCUT2D eigenvalue weighted by Crippen LogP contribution is -2.36. The maximum absolute atomic E-state index is 12.2. The van der Waals surface area contributed by atoms with Crippen LogP contribution in [0.3, 0.4) is 0 Å². The van der Waals surface area contributed by atoms with Crippen LogP contribution in [0.4, 0.5) is 23.7 Å². The van der Waals surface area contributed by atoms with E-state index < -0.39 is 18.8 Å². The van der Waals surface area contributed by atoms with Crippen molar-refractivity contribution < 1.29 is 23.4 Å². The van der Waals surface area contributed by atoms with Crippen LogP contribution in [0.15, 0.2) is 48.8 Å². The number of halogens is 3. The Morgan fingerprint density at radius 3 is 2.77 bits per heavy atom. The Hall–Kier alpha value is -3.34. The van der Waals surface area contributed by atoms with Crippen molar-refractivity contribution in [3.8, 4) is 11.3 Å². The second-order valence-corrected chi connectivity index (χ2v) is 7.59. The van der Waals surface area contributed by atoms with E-state index in [4.69, 9.17) is 10.8 Å². The van der Waals surface area contributed by atoms with E-state index in [1.54, 1.807) is 61.0 Å². The van der Waals surface area contributed by atoms with Gasteiger partial charge in [0.25, 0.3) is 0 Å². The molecule has 0 spiro atoms. The SMILES string of the molecule is CC(=[NH2+])SC(=N)c1ccn2c(-c3cccc(NC(=O)NCC(F)(F)F)c3)cnc2c1. The Labute approximate surface area is 173 Å². The highest BCUT2D eigenvalue weighted by Crippen LogP contribution is 2.25. The largest absolute Gasteiger partial charge is 0.405 e. The fourth-order valence-corrected chi connectivity index (χ4v) is 3.23. The van der Waals surface area contributed by atoms with Gasteiger partial charge in [0.15, 0.2) is 0 Å². The molecule has 11 heteroatoms. The number of imidazole rings is 1. The molecule has 0 unspecified atom stereocenters. The molecule has 1 aromatic carbocycles. The predicted octanol–water partition coefficient (Wildman–Crippen LogP) is 2.92. The highest BCUT2D eigenvalue weighted by molar-refractivity contribution is 8.26. The van der Waals surface area contributed by atoms with Crippen LogP contribution >= 0.6 is 11.8 Å². The Kier molecular flexibility index (Phi) is 6.11. The van der Waals surface area contributed by atoms with E-state index in [1.807, 2.05) is 4.40 Å². The van der Waals surface area contributed by atoms with Crippen molar-refractivity contribution in [2.24, 2.45) is 0 Å². The van der Waals surface area contributed by atoms with Crippen LogP contribution in [0.5, 0.6) is 0 Å². The summed E-state index contributed by atoms with van der Waals surface area (Å²) in [6, 6.07) is 9.25. The van der Waals surface area contributed by atoms with E-state index in [1.165, 1.54) is 0 Å². The second kappa shape index (κ2) is 8.57. The zero-order valence-electron chi connectivity index (χ0n) is 15.7. The number of hydrogen-bond acceptors (Lipinski definition) is 4. The first-order valence-electron chi connectivity index (χ1n) is 8.67. The number of nitrogens with two attached hydrogens (primary N) is 1. The lowest BCUT2D eigenvalue weighted by molar-refractivity contribution is -0.122. The molecule has 0 aliphatic carbocycles. The molecular formula is C19H18F3N6OS+. The van der Waals surface area contributed by atoms with Gasteiger partial charge in [0, 0.05) is 29.9 Å². The average Bonchev–Trinajstić information content (AvgIpc) is 3.09. The maximum atomic E-state index is 12.2. The highest BCUT2D eigenvalue weighted by atomic mass is 32.2. The molecule has 0 saturated carbocycles. The van der Waals surface area contributed by atoms with Crippen LogP contribution in [0.25, 0.3) is 16.9 Å². The Morgan fingerprint density at radius 2 is 2.07 bits per heavy atom. The minimum Gasteiger partial charge on any atom is -0.329 e. The van der Waals surface area contributed by atoms with Gasteiger partial charge in [-0.15, -0.1) is 0 Å². The number of fused-ring (bicyclic) bond motifs is 1. The molecule has 2 heterocycles. The molecule has 2 aromatic heterocycles. The summed E-state index contributed by atoms with van der Waals surface area (Å²) < 4.78 is 38.5. The van der Waals surface area contributed by atoms with Crippen LogP contribution in [0.2, 0.25) is 0 Å². The van der Waals surface area contributed by atoms with Crippen LogP contribution in [-0.4, -0.2) is 38.2 Å². The van der Waals surface area contributed by atoms with Gasteiger partial charge in [-0.05, 0) is 36.0 Å². The summed E-state index contributed by atoms with van der Waals surface area (Å²) in [6.45, 7) is 0.304. The monoisotopic (exact) mass is 435 g/mol. The number of nitrogens with one attached hydrogen (secondary N) is 3. The summed E-state index contributed by atoms with van der Waals surface area (Å²) in [4.78, 5) is 16.0. The Bertz CT molecular complexity index is 1120. The third kappa shape index (κ3) is 5.38. The number of carbonyl (C=O) groups excluding carboxylic acids is 1. The molecular weight excluding hydrogens is 417 g/mol. The minimum absolute atomic E-state index is 0.304. The van der Waals surface area contributed by atoms with Crippen LogP contribution in [-0.2, 0) is 0 Å². The molecule has 7 nitrogen and oxygen atoms in total. The standard InChI is InChI=1S/C19H17F3N6OS/c1-11(23)30-17(24)13-5-6-28-15(9-25-16(28)8-13)12-3-2-4-14(7-12)27-18(29)26-10-19(20,21)22/h2-9,23-24H,10H2,1H3,(H2,26,27,29)/p+1. The molecule has 0 radical (unpaired) electrons. The topological polar surface area (TPSA) is 108 Å². The summed E-state index contributed by atoms with van der Waals surface area (Å²) in [6.07, 6.45) is -1.08. The molecule has 0 aliphatic heterocycles. The van der Waals surface area contributed by atoms with Crippen molar-refractivity contribution in [3.63, 3.8) is 0 Å². The zero-order chi connectivity index (χ0) is 21.9. The van der Waals surface area contributed by atoms with Crippen molar-refractivity contribution in [3.05, 3.63) is 54.4 Å². The summed E-state index contributed by atoms with van der Waals surface area (Å²) in [5, 5.41) is 18.7. The number of nitrogens with zero attached hydrogens (tertiary/aromatic N) is 2. The maximum Gasteiger partial charge on any atom is 0.405 e. The zero-order valence-corrected chi connectivity index (χ0v) is 16.6. The molecule has 0 aliphatic rings. The van der Waals surface area contributed by atoms with Crippen LogP contribution < -0.4 is 16.0 Å². The first-order valence-corrected chi connectivity index (χ1v) is 9.49. The van der Waals surface area contributed by atoms with Crippen LogP contribution in [0.1, 0.15) is 12.5 Å². The first kappa shape index (κ1) is 21.4. The fraction of sp³-hybridized carbons (Fsp3) is 0.158. The van der Waals surface area contributed by atoms with Gasteiger partial charge in [-0.3, -0.25) is 15.2 Å². The van der Waals surface area contributed by atoms with E-state index in [-0.39, 0.29) is 0 Å². The van der Waals surface area contributed by atoms with Gasteiger partial charge < -0.3 is 10.6 Å².